The second-order valence-electron chi connectivity index (χ2n) is 3.05. The number of hydrogen-bond donors (Lipinski definition) is 2. The number of esters is 1. The van der Waals surface area contributed by atoms with Crippen LogP contribution in [0.2, 0.25) is 0 Å². The molecule has 5 nitrogen and oxygen atoms in total. The van der Waals surface area contributed by atoms with E-state index in [0.717, 1.165) is 6.42 Å². The molecule has 0 spiro atoms. The maximum Gasteiger partial charge on any atom is 0.325 e. The highest BCUT2D eigenvalue weighted by atomic mass is 16.6. The molecule has 0 aliphatic heterocycles. The summed E-state index contributed by atoms with van der Waals surface area (Å²) in [4.78, 5) is 11.1. The van der Waals surface area contributed by atoms with Gasteiger partial charge in [0, 0.05) is 6.61 Å². The standard InChI is InChI=1S/C9H19NO4/c1-3-4-13-5-6-14-9(12)8(10)7(2)11/h7-8,11H,3-6,10H2,1-2H3/t7-,8+/m1/s1. The molecule has 2 atom stereocenters. The molecule has 84 valence electrons. The molecular formula is C9H19NO4. The molecule has 0 saturated heterocycles. The van der Waals surface area contributed by atoms with E-state index in [1.807, 2.05) is 6.92 Å². The van der Waals surface area contributed by atoms with Crippen molar-refractivity contribution < 1.29 is 19.4 Å². The van der Waals surface area contributed by atoms with Crippen molar-refractivity contribution in [2.24, 2.45) is 5.73 Å². The van der Waals surface area contributed by atoms with Crippen molar-refractivity contribution in [3.63, 3.8) is 0 Å². The Morgan fingerprint density at radius 2 is 2.07 bits per heavy atom. The predicted octanol–water partition coefficient (Wildman–Crippen LogP) is -0.336. The molecule has 0 unspecified atom stereocenters. The average Bonchev–Trinajstić information content (AvgIpc) is 2.16. The van der Waals surface area contributed by atoms with Gasteiger partial charge < -0.3 is 20.3 Å². The Labute approximate surface area is 84.2 Å². The molecule has 14 heavy (non-hydrogen) atoms. The lowest BCUT2D eigenvalue weighted by Crippen LogP contribution is -2.41. The Hall–Kier alpha value is -0.650. The number of rotatable bonds is 7. The molecule has 0 saturated carbocycles. The Balaban J connectivity index is 3.44. The number of ether oxygens (including phenoxy) is 2. The van der Waals surface area contributed by atoms with Crippen LogP contribution in [0, 0.1) is 0 Å². The highest BCUT2D eigenvalue weighted by Gasteiger charge is 2.19. The summed E-state index contributed by atoms with van der Waals surface area (Å²) in [5.74, 6) is -0.597. The van der Waals surface area contributed by atoms with Crippen LogP contribution in [-0.4, -0.2) is 43.0 Å². The third-order valence-electron chi connectivity index (χ3n) is 1.61. The zero-order valence-electron chi connectivity index (χ0n) is 8.73. The Morgan fingerprint density at radius 1 is 1.43 bits per heavy atom. The van der Waals surface area contributed by atoms with Crippen LogP contribution in [0.5, 0.6) is 0 Å². The van der Waals surface area contributed by atoms with E-state index >= 15 is 0 Å². The van der Waals surface area contributed by atoms with Crippen LogP contribution < -0.4 is 5.73 Å². The summed E-state index contributed by atoms with van der Waals surface area (Å²) in [5.41, 5.74) is 5.34. The van der Waals surface area contributed by atoms with Gasteiger partial charge in [-0.15, -0.1) is 0 Å². The molecule has 0 rings (SSSR count). The topological polar surface area (TPSA) is 81.8 Å². The van der Waals surface area contributed by atoms with E-state index in [1.165, 1.54) is 6.92 Å². The summed E-state index contributed by atoms with van der Waals surface area (Å²) < 4.78 is 9.86. The summed E-state index contributed by atoms with van der Waals surface area (Å²) in [6, 6.07) is -0.971. The van der Waals surface area contributed by atoms with Crippen molar-refractivity contribution in [3.05, 3.63) is 0 Å². The minimum Gasteiger partial charge on any atom is -0.462 e. The predicted molar refractivity (Wildman–Crippen MR) is 51.7 cm³/mol. The molecule has 0 aromatic carbocycles. The van der Waals surface area contributed by atoms with Gasteiger partial charge >= 0.3 is 5.97 Å². The normalized spacial score (nSPS) is 14.9. The molecule has 0 bridgehead atoms. The van der Waals surface area contributed by atoms with Crippen LogP contribution in [0.25, 0.3) is 0 Å². The molecule has 3 N–H and O–H groups in total. The summed E-state index contributed by atoms with van der Waals surface area (Å²) in [7, 11) is 0. The number of aliphatic hydroxyl groups excluding tert-OH is 1. The fraction of sp³-hybridized carbons (Fsp3) is 0.889. The van der Waals surface area contributed by atoms with Gasteiger partial charge in [-0.2, -0.15) is 0 Å². The van der Waals surface area contributed by atoms with Crippen molar-refractivity contribution in [3.8, 4) is 0 Å². The molecular weight excluding hydrogens is 186 g/mol. The molecule has 5 heteroatoms. The highest BCUT2D eigenvalue weighted by molar-refractivity contribution is 5.76. The van der Waals surface area contributed by atoms with Gasteiger partial charge in [-0.3, -0.25) is 4.79 Å². The second-order valence-corrected chi connectivity index (χ2v) is 3.05. The summed E-state index contributed by atoms with van der Waals surface area (Å²) in [6.07, 6.45) is 0.0419. The summed E-state index contributed by atoms with van der Waals surface area (Å²) >= 11 is 0. The maximum absolute atomic E-state index is 11.1. The van der Waals surface area contributed by atoms with Crippen LogP contribution in [0.3, 0.4) is 0 Å². The lowest BCUT2D eigenvalue weighted by molar-refractivity contribution is -0.149. The number of carbonyl (C=O) groups is 1. The first-order valence-corrected chi connectivity index (χ1v) is 4.77. The third-order valence-corrected chi connectivity index (χ3v) is 1.61. The van der Waals surface area contributed by atoms with Gasteiger partial charge in [0.1, 0.15) is 12.6 Å². The first kappa shape index (κ1) is 13.4. The minimum atomic E-state index is -0.971. The first-order valence-electron chi connectivity index (χ1n) is 4.77. The summed E-state index contributed by atoms with van der Waals surface area (Å²) in [6.45, 7) is 4.64. The van der Waals surface area contributed by atoms with Crippen molar-refractivity contribution in [1.82, 2.24) is 0 Å². The fourth-order valence-corrected chi connectivity index (χ4v) is 0.741. The average molecular weight is 205 g/mol. The second kappa shape index (κ2) is 7.73. The number of carbonyl (C=O) groups excluding carboxylic acids is 1. The van der Waals surface area contributed by atoms with E-state index in [4.69, 9.17) is 20.3 Å². The minimum absolute atomic E-state index is 0.180. The Bertz CT molecular complexity index is 161. The first-order chi connectivity index (χ1) is 6.59. The van der Waals surface area contributed by atoms with E-state index in [-0.39, 0.29) is 6.61 Å². The maximum atomic E-state index is 11.1. The third kappa shape index (κ3) is 5.90. The number of nitrogens with two attached hydrogens (primary N) is 1. The van der Waals surface area contributed by atoms with Crippen LogP contribution in [0.1, 0.15) is 20.3 Å². The van der Waals surface area contributed by atoms with Crippen LogP contribution in [-0.2, 0) is 14.3 Å². The van der Waals surface area contributed by atoms with Crippen molar-refractivity contribution in [1.29, 1.82) is 0 Å². The quantitative estimate of drug-likeness (QED) is 0.439. The van der Waals surface area contributed by atoms with Crippen molar-refractivity contribution >= 4 is 5.97 Å². The largest absolute Gasteiger partial charge is 0.462 e. The fourth-order valence-electron chi connectivity index (χ4n) is 0.741. The van der Waals surface area contributed by atoms with Crippen LogP contribution in [0.15, 0.2) is 0 Å². The van der Waals surface area contributed by atoms with E-state index in [9.17, 15) is 4.79 Å². The lowest BCUT2D eigenvalue weighted by Gasteiger charge is -2.13. The van der Waals surface area contributed by atoms with E-state index in [0.29, 0.717) is 13.2 Å². The SMILES string of the molecule is CCCOCCOC(=O)[C@@H](N)[C@@H](C)O. The molecule has 0 radical (unpaired) electrons. The highest BCUT2D eigenvalue weighted by Crippen LogP contribution is 1.92. The molecule has 0 aromatic heterocycles. The van der Waals surface area contributed by atoms with Gasteiger partial charge in [0.05, 0.1) is 12.7 Å². The number of aliphatic hydroxyl groups is 1. The smallest absolute Gasteiger partial charge is 0.325 e. The zero-order chi connectivity index (χ0) is 11.0. The molecule has 0 aliphatic carbocycles. The van der Waals surface area contributed by atoms with Gasteiger partial charge in [-0.1, -0.05) is 6.92 Å². The summed E-state index contributed by atoms with van der Waals surface area (Å²) in [5, 5.41) is 8.97. The Morgan fingerprint density at radius 3 is 2.57 bits per heavy atom. The van der Waals surface area contributed by atoms with Gasteiger partial charge in [-0.05, 0) is 13.3 Å². The van der Waals surface area contributed by atoms with E-state index < -0.39 is 18.1 Å². The van der Waals surface area contributed by atoms with Gasteiger partial charge in [0.15, 0.2) is 0 Å². The Kier molecular flexibility index (Phi) is 7.37. The molecule has 0 heterocycles. The van der Waals surface area contributed by atoms with E-state index in [1.54, 1.807) is 0 Å². The molecule has 0 amide bonds. The molecule has 0 aromatic rings. The van der Waals surface area contributed by atoms with Gasteiger partial charge in [-0.25, -0.2) is 0 Å². The van der Waals surface area contributed by atoms with Crippen molar-refractivity contribution in [2.45, 2.75) is 32.4 Å². The molecule has 0 aliphatic rings. The van der Waals surface area contributed by atoms with E-state index in [2.05, 4.69) is 0 Å². The van der Waals surface area contributed by atoms with Gasteiger partial charge in [0.25, 0.3) is 0 Å². The lowest BCUT2D eigenvalue weighted by atomic mass is 10.2. The number of hydrogen-bond acceptors (Lipinski definition) is 5. The zero-order valence-corrected chi connectivity index (χ0v) is 8.73. The van der Waals surface area contributed by atoms with Gasteiger partial charge in [0.2, 0.25) is 0 Å². The monoisotopic (exact) mass is 205 g/mol. The van der Waals surface area contributed by atoms with Crippen LogP contribution in [0.4, 0.5) is 0 Å². The van der Waals surface area contributed by atoms with Crippen molar-refractivity contribution in [2.75, 3.05) is 19.8 Å². The van der Waals surface area contributed by atoms with Crippen LogP contribution >= 0.6 is 0 Å². The molecule has 0 fully saturated rings.